The number of amides is 1. The van der Waals surface area contributed by atoms with E-state index < -0.39 is 0 Å². The number of para-hydroxylation sites is 1. The topological polar surface area (TPSA) is 59.8 Å². The molecule has 0 atom stereocenters. The van der Waals surface area contributed by atoms with E-state index in [9.17, 15) is 9.59 Å². The summed E-state index contributed by atoms with van der Waals surface area (Å²) < 4.78 is 5.05. The molecule has 1 aliphatic heterocycles. The van der Waals surface area contributed by atoms with E-state index in [2.05, 4.69) is 5.32 Å². The molecule has 0 bridgehead atoms. The number of ether oxygens (including phenoxy) is 1. The minimum Gasteiger partial charge on any atom is -0.466 e. The molecular weight excluding hydrogens is 339 g/mol. The summed E-state index contributed by atoms with van der Waals surface area (Å²) >= 11 is 12.1. The number of anilines is 1. The van der Waals surface area contributed by atoms with Gasteiger partial charge in [0.1, 0.15) is 0 Å². The van der Waals surface area contributed by atoms with Gasteiger partial charge < -0.3 is 15.0 Å². The van der Waals surface area contributed by atoms with Crippen molar-refractivity contribution in [2.75, 3.05) is 31.6 Å². The van der Waals surface area contributed by atoms with Crippen molar-refractivity contribution in [3.05, 3.63) is 28.2 Å². The van der Waals surface area contributed by atoms with E-state index in [4.69, 9.17) is 27.9 Å². The maximum atomic E-state index is 12.2. The number of piperidine rings is 1. The number of likely N-dealkylation sites (tertiary alicyclic amines) is 1. The number of carbonyl (C=O) groups is 2. The first-order chi connectivity index (χ1) is 11.0. The first-order valence-corrected chi connectivity index (χ1v) is 8.51. The third-order valence-corrected chi connectivity index (χ3v) is 4.58. The SMILES string of the molecule is CCOC(=O)C1CC[NH+](CC(=O)Nc2c(Cl)cccc2Cl)CC1. The van der Waals surface area contributed by atoms with E-state index in [1.807, 2.05) is 6.92 Å². The second-order valence-corrected chi connectivity index (χ2v) is 6.41. The minimum absolute atomic E-state index is 0.0419. The van der Waals surface area contributed by atoms with Gasteiger partial charge in [0.15, 0.2) is 6.54 Å². The fourth-order valence-corrected chi connectivity index (χ4v) is 3.22. The molecule has 0 spiro atoms. The summed E-state index contributed by atoms with van der Waals surface area (Å²) in [4.78, 5) is 25.0. The summed E-state index contributed by atoms with van der Waals surface area (Å²) in [5, 5.41) is 3.60. The molecule has 1 heterocycles. The highest BCUT2D eigenvalue weighted by Crippen LogP contribution is 2.29. The fourth-order valence-electron chi connectivity index (χ4n) is 2.73. The Morgan fingerprint density at radius 3 is 2.43 bits per heavy atom. The maximum absolute atomic E-state index is 12.2. The Balaban J connectivity index is 1.82. The van der Waals surface area contributed by atoms with Gasteiger partial charge in [-0.15, -0.1) is 0 Å². The van der Waals surface area contributed by atoms with E-state index in [-0.39, 0.29) is 17.8 Å². The molecule has 126 valence electrons. The van der Waals surface area contributed by atoms with Gasteiger partial charge in [0, 0.05) is 12.8 Å². The van der Waals surface area contributed by atoms with Crippen LogP contribution in [0.2, 0.25) is 10.0 Å². The van der Waals surface area contributed by atoms with Crippen LogP contribution in [-0.4, -0.2) is 38.1 Å². The van der Waals surface area contributed by atoms with Gasteiger partial charge in [0.05, 0.1) is 41.3 Å². The Bertz CT molecular complexity index is 552. The molecular formula is C16H21Cl2N2O3+. The second kappa shape index (κ2) is 8.52. The van der Waals surface area contributed by atoms with Crippen LogP contribution in [0.3, 0.4) is 0 Å². The first-order valence-electron chi connectivity index (χ1n) is 7.75. The predicted molar refractivity (Wildman–Crippen MR) is 90.0 cm³/mol. The lowest BCUT2D eigenvalue weighted by molar-refractivity contribution is -0.897. The molecule has 2 rings (SSSR count). The van der Waals surface area contributed by atoms with E-state index >= 15 is 0 Å². The zero-order valence-corrected chi connectivity index (χ0v) is 14.5. The van der Waals surface area contributed by atoms with Crippen molar-refractivity contribution in [1.29, 1.82) is 0 Å². The number of halogens is 2. The molecule has 1 aliphatic rings. The number of hydrogen-bond donors (Lipinski definition) is 2. The number of quaternary nitrogens is 1. The molecule has 1 aromatic carbocycles. The van der Waals surface area contributed by atoms with Gasteiger partial charge in [-0.2, -0.15) is 0 Å². The zero-order chi connectivity index (χ0) is 16.8. The number of rotatable bonds is 5. The Hall–Kier alpha value is -1.30. The molecule has 1 fully saturated rings. The van der Waals surface area contributed by atoms with Gasteiger partial charge in [-0.1, -0.05) is 29.3 Å². The number of benzene rings is 1. The van der Waals surface area contributed by atoms with Crippen molar-refractivity contribution in [3.63, 3.8) is 0 Å². The van der Waals surface area contributed by atoms with Crippen LogP contribution < -0.4 is 10.2 Å². The number of esters is 1. The van der Waals surface area contributed by atoms with Crippen molar-refractivity contribution in [1.82, 2.24) is 0 Å². The highest BCUT2D eigenvalue weighted by Gasteiger charge is 2.29. The predicted octanol–water partition coefficient (Wildman–Crippen LogP) is 1.79. The van der Waals surface area contributed by atoms with Gasteiger partial charge in [-0.3, -0.25) is 9.59 Å². The summed E-state index contributed by atoms with van der Waals surface area (Å²) in [5.74, 6) is -0.303. The van der Waals surface area contributed by atoms with Gasteiger partial charge in [0.25, 0.3) is 5.91 Å². The van der Waals surface area contributed by atoms with Crippen LogP contribution in [0.5, 0.6) is 0 Å². The van der Waals surface area contributed by atoms with Crippen LogP contribution in [-0.2, 0) is 14.3 Å². The monoisotopic (exact) mass is 359 g/mol. The van der Waals surface area contributed by atoms with Crippen molar-refractivity contribution in [2.45, 2.75) is 19.8 Å². The highest BCUT2D eigenvalue weighted by atomic mass is 35.5. The maximum Gasteiger partial charge on any atom is 0.309 e. The minimum atomic E-state index is -0.135. The molecule has 1 aromatic rings. The summed E-state index contributed by atoms with van der Waals surface area (Å²) in [6, 6.07) is 5.09. The molecule has 23 heavy (non-hydrogen) atoms. The number of hydrogen-bond acceptors (Lipinski definition) is 3. The van der Waals surface area contributed by atoms with Crippen molar-refractivity contribution < 1.29 is 19.2 Å². The molecule has 0 saturated carbocycles. The van der Waals surface area contributed by atoms with Crippen LogP contribution in [0.1, 0.15) is 19.8 Å². The lowest BCUT2D eigenvalue weighted by Crippen LogP contribution is -3.14. The lowest BCUT2D eigenvalue weighted by Gasteiger charge is -2.27. The summed E-state index contributed by atoms with van der Waals surface area (Å²) in [6.45, 7) is 4.09. The molecule has 0 aromatic heterocycles. The van der Waals surface area contributed by atoms with Crippen molar-refractivity contribution >= 4 is 40.8 Å². The first kappa shape index (κ1) is 18.0. The fraction of sp³-hybridized carbons (Fsp3) is 0.500. The van der Waals surface area contributed by atoms with Crippen LogP contribution in [0.15, 0.2) is 18.2 Å². The van der Waals surface area contributed by atoms with Crippen LogP contribution in [0, 0.1) is 5.92 Å². The lowest BCUT2D eigenvalue weighted by atomic mass is 9.97. The molecule has 1 amide bonds. The number of carbonyl (C=O) groups excluding carboxylic acids is 2. The third kappa shape index (κ3) is 5.09. The van der Waals surface area contributed by atoms with Gasteiger partial charge in [0.2, 0.25) is 0 Å². The Kier molecular flexibility index (Phi) is 6.69. The Morgan fingerprint density at radius 1 is 1.26 bits per heavy atom. The van der Waals surface area contributed by atoms with E-state index in [0.29, 0.717) is 28.9 Å². The normalized spacial score (nSPS) is 20.8. The second-order valence-electron chi connectivity index (χ2n) is 5.60. The molecule has 2 N–H and O–H groups in total. The van der Waals surface area contributed by atoms with Gasteiger partial charge in [-0.05, 0) is 19.1 Å². The van der Waals surface area contributed by atoms with Crippen molar-refractivity contribution in [2.24, 2.45) is 5.92 Å². The van der Waals surface area contributed by atoms with Gasteiger partial charge >= 0.3 is 5.97 Å². The molecule has 1 saturated heterocycles. The molecule has 0 radical (unpaired) electrons. The molecule has 0 aliphatic carbocycles. The standard InChI is InChI=1S/C16H20Cl2N2O3/c1-2-23-16(22)11-6-8-20(9-7-11)10-14(21)19-15-12(17)4-3-5-13(15)18/h3-5,11H,2,6-10H2,1H3,(H,19,21)/p+1. The van der Waals surface area contributed by atoms with Crippen LogP contribution in [0.4, 0.5) is 5.69 Å². The summed E-state index contributed by atoms with van der Waals surface area (Å²) in [7, 11) is 0. The highest BCUT2D eigenvalue weighted by molar-refractivity contribution is 6.39. The zero-order valence-electron chi connectivity index (χ0n) is 13.0. The quantitative estimate of drug-likeness (QED) is 0.788. The number of nitrogens with one attached hydrogen (secondary N) is 2. The Morgan fingerprint density at radius 2 is 1.87 bits per heavy atom. The molecule has 0 unspecified atom stereocenters. The van der Waals surface area contributed by atoms with E-state index in [1.165, 1.54) is 0 Å². The van der Waals surface area contributed by atoms with Gasteiger partial charge in [-0.25, -0.2) is 0 Å². The van der Waals surface area contributed by atoms with Crippen molar-refractivity contribution in [3.8, 4) is 0 Å². The summed E-state index contributed by atoms with van der Waals surface area (Å²) in [5.41, 5.74) is 0.446. The smallest absolute Gasteiger partial charge is 0.309 e. The van der Waals surface area contributed by atoms with E-state index in [1.54, 1.807) is 18.2 Å². The van der Waals surface area contributed by atoms with Crippen LogP contribution in [0.25, 0.3) is 0 Å². The van der Waals surface area contributed by atoms with Crippen LogP contribution >= 0.6 is 23.2 Å². The largest absolute Gasteiger partial charge is 0.466 e. The molecule has 5 nitrogen and oxygen atoms in total. The molecule has 7 heteroatoms. The average Bonchev–Trinajstić information content (AvgIpc) is 2.52. The average molecular weight is 360 g/mol. The Labute approximate surface area is 145 Å². The summed E-state index contributed by atoms with van der Waals surface area (Å²) in [6.07, 6.45) is 1.49. The van der Waals surface area contributed by atoms with E-state index in [0.717, 1.165) is 30.8 Å². The third-order valence-electron chi connectivity index (χ3n) is 3.95.